The highest BCUT2D eigenvalue weighted by Crippen LogP contribution is 2.30. The first kappa shape index (κ1) is 19.7. The Morgan fingerprint density at radius 1 is 1.00 bits per heavy atom. The van der Waals surface area contributed by atoms with E-state index < -0.39 is 0 Å². The fourth-order valence-electron chi connectivity index (χ4n) is 4.38. The van der Waals surface area contributed by atoms with Crippen molar-refractivity contribution >= 4 is 39.4 Å². The third-order valence-electron chi connectivity index (χ3n) is 6.32. The Hall–Kier alpha value is -3.98. The first-order valence-electron chi connectivity index (χ1n) is 11.1. The zero-order valence-corrected chi connectivity index (χ0v) is 18.7. The molecule has 0 aliphatic carbocycles. The number of nitrogens with zero attached hydrogens (tertiary/aromatic N) is 7. The summed E-state index contributed by atoms with van der Waals surface area (Å²) in [5, 5.41) is 12.6. The van der Waals surface area contributed by atoms with E-state index >= 15 is 0 Å². The molecule has 0 atom stereocenters. The standard InChI is InChI=1S/C24H25N9/c1-31-8-10-33(11-9-31)18-5-3-4-17(13-18)27-24-26-15-20-19(14-25-23(20)28-24)16-6-7-21-22(12-16)32(2)30-29-21/h3-7,12-15H,8-11H2,1-2H3,(H2,25,26,27,28). The Kier molecular flexibility index (Phi) is 4.69. The van der Waals surface area contributed by atoms with E-state index in [2.05, 4.69) is 72.8 Å². The molecule has 0 bridgehead atoms. The quantitative estimate of drug-likeness (QED) is 0.443. The second-order valence-electron chi connectivity index (χ2n) is 8.54. The maximum atomic E-state index is 4.71. The molecule has 1 fully saturated rings. The number of aryl methyl sites for hydroxylation is 1. The highest BCUT2D eigenvalue weighted by atomic mass is 15.4. The number of aromatic nitrogens is 6. The van der Waals surface area contributed by atoms with Crippen molar-refractivity contribution in [1.29, 1.82) is 0 Å². The van der Waals surface area contributed by atoms with Crippen LogP contribution in [0.3, 0.4) is 0 Å². The zero-order chi connectivity index (χ0) is 22.4. The molecule has 1 saturated heterocycles. The summed E-state index contributed by atoms with van der Waals surface area (Å²) in [5.74, 6) is 0.567. The number of hydrogen-bond acceptors (Lipinski definition) is 7. The molecule has 1 aliphatic heterocycles. The Morgan fingerprint density at radius 3 is 2.76 bits per heavy atom. The molecule has 0 unspecified atom stereocenters. The summed E-state index contributed by atoms with van der Waals surface area (Å²) < 4.78 is 1.78. The number of piperazine rings is 1. The van der Waals surface area contributed by atoms with Gasteiger partial charge in [0, 0.05) is 67.9 Å². The molecule has 0 radical (unpaired) electrons. The minimum absolute atomic E-state index is 0.567. The maximum Gasteiger partial charge on any atom is 0.229 e. The van der Waals surface area contributed by atoms with Crippen LogP contribution in [0.1, 0.15) is 0 Å². The van der Waals surface area contributed by atoms with Crippen molar-refractivity contribution in [2.75, 3.05) is 43.4 Å². The van der Waals surface area contributed by atoms with E-state index in [1.165, 1.54) is 5.69 Å². The molecule has 166 valence electrons. The summed E-state index contributed by atoms with van der Waals surface area (Å²) in [5.41, 5.74) is 6.98. The van der Waals surface area contributed by atoms with Crippen LogP contribution in [-0.2, 0) is 7.05 Å². The van der Waals surface area contributed by atoms with Crippen LogP contribution in [0.25, 0.3) is 33.2 Å². The van der Waals surface area contributed by atoms with E-state index in [9.17, 15) is 0 Å². The molecule has 0 spiro atoms. The van der Waals surface area contributed by atoms with Crippen molar-refractivity contribution in [1.82, 2.24) is 34.8 Å². The molecule has 6 rings (SSSR count). The smallest absolute Gasteiger partial charge is 0.229 e. The van der Waals surface area contributed by atoms with Gasteiger partial charge in [-0.05, 0) is 42.9 Å². The van der Waals surface area contributed by atoms with Crippen LogP contribution < -0.4 is 10.2 Å². The first-order chi connectivity index (χ1) is 16.1. The number of likely N-dealkylation sites (N-methyl/N-ethyl adjacent to an activating group) is 1. The van der Waals surface area contributed by atoms with Gasteiger partial charge in [0.2, 0.25) is 5.95 Å². The second kappa shape index (κ2) is 7.86. The van der Waals surface area contributed by atoms with Crippen LogP contribution in [0.4, 0.5) is 17.3 Å². The Morgan fingerprint density at radius 2 is 1.88 bits per heavy atom. The minimum atomic E-state index is 0.567. The van der Waals surface area contributed by atoms with Crippen molar-refractivity contribution < 1.29 is 0 Å². The lowest BCUT2D eigenvalue weighted by Crippen LogP contribution is -2.44. The number of anilines is 3. The van der Waals surface area contributed by atoms with E-state index in [1.54, 1.807) is 4.68 Å². The van der Waals surface area contributed by atoms with Crippen LogP contribution in [0.2, 0.25) is 0 Å². The number of hydrogen-bond donors (Lipinski definition) is 2. The summed E-state index contributed by atoms with van der Waals surface area (Å²) in [4.78, 5) is 17.4. The highest BCUT2D eigenvalue weighted by molar-refractivity contribution is 5.95. The molecular weight excluding hydrogens is 414 g/mol. The monoisotopic (exact) mass is 439 g/mol. The largest absolute Gasteiger partial charge is 0.369 e. The van der Waals surface area contributed by atoms with E-state index in [-0.39, 0.29) is 0 Å². The lowest BCUT2D eigenvalue weighted by atomic mass is 10.1. The average Bonchev–Trinajstić information content (AvgIpc) is 3.43. The normalized spacial score (nSPS) is 14.9. The summed E-state index contributed by atoms with van der Waals surface area (Å²) in [6, 6.07) is 14.6. The van der Waals surface area contributed by atoms with Crippen molar-refractivity contribution in [3.63, 3.8) is 0 Å². The van der Waals surface area contributed by atoms with Crippen LogP contribution in [-0.4, -0.2) is 68.1 Å². The van der Waals surface area contributed by atoms with Gasteiger partial charge in [-0.25, -0.2) is 9.67 Å². The van der Waals surface area contributed by atoms with Crippen LogP contribution >= 0.6 is 0 Å². The molecule has 2 aromatic carbocycles. The van der Waals surface area contributed by atoms with Crippen molar-refractivity contribution in [3.8, 4) is 11.1 Å². The summed E-state index contributed by atoms with van der Waals surface area (Å²) in [6.07, 6.45) is 3.84. The Balaban J connectivity index is 1.26. The van der Waals surface area contributed by atoms with E-state index in [0.29, 0.717) is 5.95 Å². The Labute approximate surface area is 191 Å². The zero-order valence-electron chi connectivity index (χ0n) is 18.7. The molecule has 9 nitrogen and oxygen atoms in total. The highest BCUT2D eigenvalue weighted by Gasteiger charge is 2.15. The molecule has 5 aromatic rings. The molecule has 3 aromatic heterocycles. The van der Waals surface area contributed by atoms with Gasteiger partial charge >= 0.3 is 0 Å². The third kappa shape index (κ3) is 3.66. The van der Waals surface area contributed by atoms with Gasteiger partial charge in [0.1, 0.15) is 11.2 Å². The molecule has 0 amide bonds. The Bertz CT molecular complexity index is 1440. The summed E-state index contributed by atoms with van der Waals surface area (Å²) >= 11 is 0. The number of rotatable bonds is 4. The molecule has 33 heavy (non-hydrogen) atoms. The van der Waals surface area contributed by atoms with Crippen molar-refractivity contribution in [2.24, 2.45) is 7.05 Å². The van der Waals surface area contributed by atoms with Gasteiger partial charge in [0.15, 0.2) is 0 Å². The SMILES string of the molecule is CN1CCN(c2cccc(Nc3ncc4c(-c5ccc6nnn(C)c6c5)c[nH]c4n3)c2)CC1. The topological polar surface area (TPSA) is 90.8 Å². The van der Waals surface area contributed by atoms with Crippen LogP contribution in [0, 0.1) is 0 Å². The molecule has 4 heterocycles. The fourth-order valence-corrected chi connectivity index (χ4v) is 4.38. The number of benzene rings is 2. The van der Waals surface area contributed by atoms with E-state index in [1.807, 2.05) is 31.6 Å². The molecular formula is C24H25N9. The lowest BCUT2D eigenvalue weighted by molar-refractivity contribution is 0.313. The van der Waals surface area contributed by atoms with Crippen molar-refractivity contribution in [2.45, 2.75) is 0 Å². The first-order valence-corrected chi connectivity index (χ1v) is 11.1. The second-order valence-corrected chi connectivity index (χ2v) is 8.54. The predicted molar refractivity (Wildman–Crippen MR) is 131 cm³/mol. The van der Waals surface area contributed by atoms with Crippen molar-refractivity contribution in [3.05, 3.63) is 54.9 Å². The third-order valence-corrected chi connectivity index (χ3v) is 6.32. The minimum Gasteiger partial charge on any atom is -0.369 e. The van der Waals surface area contributed by atoms with Gasteiger partial charge in [-0.2, -0.15) is 4.98 Å². The number of aromatic amines is 1. The van der Waals surface area contributed by atoms with Gasteiger partial charge in [-0.1, -0.05) is 17.3 Å². The van der Waals surface area contributed by atoms with Gasteiger partial charge in [-0.15, -0.1) is 5.10 Å². The van der Waals surface area contributed by atoms with Gasteiger partial charge in [-0.3, -0.25) is 0 Å². The van der Waals surface area contributed by atoms with E-state index in [4.69, 9.17) is 4.98 Å². The van der Waals surface area contributed by atoms with Gasteiger partial charge in [0.25, 0.3) is 0 Å². The lowest BCUT2D eigenvalue weighted by Gasteiger charge is -2.34. The van der Waals surface area contributed by atoms with Crippen LogP contribution in [0.5, 0.6) is 0 Å². The molecule has 9 heteroatoms. The number of fused-ring (bicyclic) bond motifs is 2. The molecule has 0 saturated carbocycles. The average molecular weight is 440 g/mol. The summed E-state index contributed by atoms with van der Waals surface area (Å²) in [6.45, 7) is 4.23. The van der Waals surface area contributed by atoms with Crippen LogP contribution in [0.15, 0.2) is 54.9 Å². The number of H-pyrrole nitrogens is 1. The maximum absolute atomic E-state index is 4.71. The van der Waals surface area contributed by atoms with Gasteiger partial charge in [0.05, 0.1) is 5.52 Å². The molecule has 2 N–H and O–H groups in total. The van der Waals surface area contributed by atoms with Gasteiger partial charge < -0.3 is 20.1 Å². The summed E-state index contributed by atoms with van der Waals surface area (Å²) in [7, 11) is 4.07. The predicted octanol–water partition coefficient (Wildman–Crippen LogP) is 3.40. The number of nitrogens with one attached hydrogen (secondary N) is 2. The molecule has 1 aliphatic rings. The fraction of sp³-hybridized carbons (Fsp3) is 0.250. The van der Waals surface area contributed by atoms with E-state index in [0.717, 1.165) is 65.1 Å².